The number of nitrogens with zero attached hydrogens (tertiary/aromatic N) is 4. The third-order valence-corrected chi connectivity index (χ3v) is 17.7. The molecule has 19 atom stereocenters. The van der Waals surface area contributed by atoms with Crippen molar-refractivity contribution in [2.75, 3.05) is 180 Å². The second-order valence-electron chi connectivity index (χ2n) is 23.5. The van der Waals surface area contributed by atoms with Crippen LogP contribution in [-0.2, 0) is 104 Å². The number of aliphatic hydroxyl groups excluding tert-OH is 1. The predicted molar refractivity (Wildman–Crippen MR) is 308 cm³/mol. The molecule has 7 unspecified atom stereocenters. The van der Waals surface area contributed by atoms with Gasteiger partial charge >= 0.3 is 30.0 Å². The van der Waals surface area contributed by atoms with E-state index >= 15 is 0 Å². The van der Waals surface area contributed by atoms with Gasteiger partial charge < -0.3 is 118 Å². The van der Waals surface area contributed by atoms with Crippen molar-refractivity contribution in [3.05, 3.63) is 34.1 Å². The number of fused-ring (bicyclic) bond motifs is 6. The molecule has 6 aliphatic carbocycles. The van der Waals surface area contributed by atoms with E-state index in [1.807, 2.05) is 24.3 Å². The van der Waals surface area contributed by atoms with Gasteiger partial charge in [0, 0.05) is 65.6 Å². The van der Waals surface area contributed by atoms with Crippen molar-refractivity contribution in [1.82, 2.24) is 10.0 Å². The molecule has 36 nitrogen and oxygen atoms in total. The summed E-state index contributed by atoms with van der Waals surface area (Å²) in [5.74, 6) is 1.27. The smallest absolute Gasteiger partial charge is 0.338 e. The number of aliphatic carboxylic acids is 2. The van der Waals surface area contributed by atoms with Gasteiger partial charge in [0.1, 0.15) is 54.3 Å². The Balaban J connectivity index is 0.000000151. The zero-order chi connectivity index (χ0) is 66.7. The Hall–Kier alpha value is -5.62. The summed E-state index contributed by atoms with van der Waals surface area (Å²) >= 11 is 0. The maximum Gasteiger partial charge on any atom is 0.338 e. The summed E-state index contributed by atoms with van der Waals surface area (Å²) in [5, 5.41) is 32.6. The molecular formula is C57H89N7O29. The quantitative estimate of drug-likeness (QED) is 0.0617. The fourth-order valence-electron chi connectivity index (χ4n) is 12.3. The van der Waals surface area contributed by atoms with Crippen molar-refractivity contribution in [2.45, 2.75) is 24.6 Å². The van der Waals surface area contributed by atoms with E-state index in [9.17, 15) is 38.6 Å². The highest BCUT2D eigenvalue weighted by molar-refractivity contribution is 5.77. The summed E-state index contributed by atoms with van der Waals surface area (Å²) in [7, 11) is 1.42. The van der Waals surface area contributed by atoms with Crippen molar-refractivity contribution in [1.29, 1.82) is 0 Å². The Morgan fingerprint density at radius 1 is 0.441 bits per heavy atom. The van der Waals surface area contributed by atoms with Crippen LogP contribution >= 0.6 is 0 Å². The molecule has 0 bridgehead atoms. The van der Waals surface area contributed by atoms with Crippen LogP contribution in [0.5, 0.6) is 0 Å². The normalized spacial score (nSPS) is 36.1. The molecule has 0 radical (unpaired) electrons. The molecule has 0 aromatic carbocycles. The van der Waals surface area contributed by atoms with Crippen LogP contribution < -0.4 is 17.2 Å². The molecule has 5 amide bonds. The molecule has 14 aliphatic rings. The summed E-state index contributed by atoms with van der Waals surface area (Å²) < 4.78 is 91.1. The average Bonchev–Trinajstić information content (AvgIpc) is 1.66. The Kier molecular flexibility index (Phi) is 31.7. The van der Waals surface area contributed by atoms with Crippen molar-refractivity contribution in [3.8, 4) is 0 Å². The second-order valence-corrected chi connectivity index (χ2v) is 23.5. The minimum absolute atomic E-state index is 0.0234. The van der Waals surface area contributed by atoms with Crippen molar-refractivity contribution in [2.24, 2.45) is 122 Å². The molecule has 8 aliphatic heterocycles. The Labute approximate surface area is 535 Å². The van der Waals surface area contributed by atoms with E-state index in [1.54, 1.807) is 0 Å². The molecule has 14 rings (SSSR count). The molecule has 6 saturated heterocycles. The second kappa shape index (κ2) is 39.4. The van der Waals surface area contributed by atoms with Crippen LogP contribution in [0, 0.1) is 105 Å². The van der Waals surface area contributed by atoms with Gasteiger partial charge in [-0.2, -0.15) is 10.0 Å². The first-order valence-corrected chi connectivity index (χ1v) is 30.6. The van der Waals surface area contributed by atoms with Gasteiger partial charge in [0.2, 0.25) is 5.91 Å². The first-order chi connectivity index (χ1) is 45.2. The molecule has 93 heavy (non-hydrogen) atoms. The number of aliphatic hydroxyl groups is 1. The number of urea groups is 2. The third-order valence-electron chi connectivity index (χ3n) is 17.7. The van der Waals surface area contributed by atoms with Crippen LogP contribution in [0.15, 0.2) is 34.9 Å². The average molecular weight is 1340 g/mol. The minimum Gasteiger partial charge on any atom is -0.481 e. The number of carbonyl (C=O) groups is 6. The van der Waals surface area contributed by atoms with Crippen LogP contribution in [0.2, 0.25) is 0 Å². The van der Waals surface area contributed by atoms with Gasteiger partial charge in [0.05, 0.1) is 173 Å². The lowest BCUT2D eigenvalue weighted by Crippen LogP contribution is -2.35. The highest BCUT2D eigenvalue weighted by atomic mass is 16.7. The van der Waals surface area contributed by atoms with E-state index in [1.165, 1.54) is 7.11 Å². The summed E-state index contributed by atoms with van der Waals surface area (Å²) in [6.45, 7) is 12.3. The van der Waals surface area contributed by atoms with Crippen molar-refractivity contribution >= 4 is 35.9 Å². The fourth-order valence-corrected chi connectivity index (χ4v) is 12.3. The third kappa shape index (κ3) is 23.6. The molecule has 12 fully saturated rings. The number of esters is 1. The molecule has 0 spiro atoms. The molecule has 36 heteroatoms. The van der Waals surface area contributed by atoms with Gasteiger partial charge in [-0.15, -0.1) is 9.81 Å². The summed E-state index contributed by atoms with van der Waals surface area (Å²) in [6, 6.07) is -2.13. The first kappa shape index (κ1) is 74.8. The van der Waals surface area contributed by atoms with Gasteiger partial charge in [-0.25, -0.2) is 9.59 Å². The number of carboxylic acids is 2. The molecular weight excluding hydrogens is 1250 g/mol. The fraction of sp³-hybridized carbons (Fsp3) is 0.825. The standard InChI is InChI=1S/C8H13NO3.C8H12O4.C8H14O4.2C7H11N3O4.2C7H10O4.C5H8O2/c9-8(10)1-5-6-2-11-4-12-3-7(5)6;1-10-8(9)7-5-2-11-4-12-3-6(5)7;9-3-5-12-8-2-1-4-10-7-11-6-8;2*8-7(11)10(9-12)6-4-1-13-3-14-2-5(4)6;2*8-7(9)6-4-1-10-3-11-2-5(4)6;1-2-4-7-5-6-3-1/h5-7H,1-4H2,(H2,9,10);5-7H,2-4H2,1H3;1-2,8-9H,3-7H2;2*4-6H,1-3H2,(H2,8,11);2*4-6H,1-3H2,(H,8,9);1-2H,3-5H2/b;;2-1+;;;;;/t5?,6-,7+;5-,6+,7?;;4*4-,5+,6?;. The maximum absolute atomic E-state index is 11.1. The lowest BCUT2D eigenvalue weighted by atomic mass is 10.2. The van der Waals surface area contributed by atoms with Gasteiger partial charge in [-0.3, -0.25) is 19.2 Å². The SMILES string of the molecule is C1=CCOCOC1.COC(=O)C1[C@H]2COCOC[C@@H]12.NC(=O)CC1[C@H]2COCOC[C@@H]12.NC(=O)N(N=O)C1[C@H]2COCOC[C@@H]12.NC(=O)N(N=O)C1[C@H]2COCOC[C@@H]12.O=C(O)C1[C@H]2COCOC[C@@H]12.O=C(O)C1[C@H]2COCOC[C@@H]12.OCCOC1/C=C/COCOC1. The van der Waals surface area contributed by atoms with Crippen LogP contribution in [0.25, 0.3) is 0 Å². The number of carboxylic acid groups (broad SMARTS) is 2. The number of methoxy groups -OCH3 is 1. The highest BCUT2D eigenvalue weighted by Crippen LogP contribution is 2.51. The molecule has 526 valence electrons. The molecule has 6 saturated carbocycles. The predicted octanol–water partition coefficient (Wildman–Crippen LogP) is -0.565. The summed E-state index contributed by atoms with van der Waals surface area (Å²) in [4.78, 5) is 85.1. The summed E-state index contributed by atoms with van der Waals surface area (Å²) in [5.41, 5.74) is 15.1. The number of amides is 5. The van der Waals surface area contributed by atoms with E-state index in [-0.39, 0.29) is 115 Å². The minimum atomic E-state index is -0.821. The van der Waals surface area contributed by atoms with E-state index in [0.29, 0.717) is 176 Å². The Morgan fingerprint density at radius 3 is 1.05 bits per heavy atom. The number of nitroso groups, excluding NO2 is 2. The van der Waals surface area contributed by atoms with Gasteiger partial charge in [-0.05, 0) is 17.8 Å². The number of carbonyl (C=O) groups excluding carboxylic acids is 4. The van der Waals surface area contributed by atoms with E-state index in [4.69, 9.17) is 113 Å². The van der Waals surface area contributed by atoms with Gasteiger partial charge in [-0.1, -0.05) is 24.3 Å². The zero-order valence-electron chi connectivity index (χ0n) is 51.8. The van der Waals surface area contributed by atoms with E-state index in [2.05, 4.69) is 15.3 Å². The largest absolute Gasteiger partial charge is 0.481 e. The number of nitrogens with two attached hydrogens (primary N) is 3. The topological polar surface area (TPSA) is 473 Å². The lowest BCUT2D eigenvalue weighted by Gasteiger charge is -2.15. The van der Waals surface area contributed by atoms with Crippen LogP contribution in [0.4, 0.5) is 9.59 Å². The lowest BCUT2D eigenvalue weighted by molar-refractivity contribution is -0.144. The summed E-state index contributed by atoms with van der Waals surface area (Å²) in [6.07, 6.45) is 8.11. The van der Waals surface area contributed by atoms with Gasteiger partial charge in [0.15, 0.2) is 0 Å². The number of rotatable bonds is 12. The molecule has 8 heterocycles. The van der Waals surface area contributed by atoms with Crippen LogP contribution in [0.1, 0.15) is 6.42 Å². The number of ether oxygens (including phenoxy) is 18. The van der Waals surface area contributed by atoms with E-state index in [0.717, 1.165) is 23.2 Å². The highest BCUT2D eigenvalue weighted by Gasteiger charge is 2.60. The molecule has 0 aromatic rings. The van der Waals surface area contributed by atoms with Crippen LogP contribution in [0.3, 0.4) is 0 Å². The van der Waals surface area contributed by atoms with E-state index < -0.39 is 24.0 Å². The molecule has 0 aromatic heterocycles. The Morgan fingerprint density at radius 2 is 0.742 bits per heavy atom. The first-order valence-electron chi connectivity index (χ1n) is 30.6. The maximum atomic E-state index is 11.1. The Bertz CT molecular complexity index is 2250. The van der Waals surface area contributed by atoms with Gasteiger partial charge in [0.25, 0.3) is 0 Å². The number of hydrogen-bond donors (Lipinski definition) is 6. The molecule has 9 N–H and O–H groups in total. The number of primary amides is 3. The monoisotopic (exact) mass is 1340 g/mol. The van der Waals surface area contributed by atoms with Crippen molar-refractivity contribution < 1.29 is 129 Å². The zero-order valence-corrected chi connectivity index (χ0v) is 51.8. The number of hydrogen-bond acceptors (Lipinski definition) is 29. The van der Waals surface area contributed by atoms with Crippen LogP contribution in [-0.4, -0.2) is 260 Å². The van der Waals surface area contributed by atoms with Crippen molar-refractivity contribution in [3.63, 3.8) is 0 Å².